The van der Waals surface area contributed by atoms with E-state index in [-0.39, 0.29) is 36.5 Å². The summed E-state index contributed by atoms with van der Waals surface area (Å²) in [6.07, 6.45) is 0. The molecule has 1 amide bonds. The Morgan fingerprint density at radius 3 is 2.41 bits per heavy atom. The third kappa shape index (κ3) is 5.49. The maximum absolute atomic E-state index is 13.2. The first kappa shape index (κ1) is 23.2. The lowest BCUT2D eigenvalue weighted by Gasteiger charge is -2.23. The Morgan fingerprint density at radius 2 is 1.68 bits per heavy atom. The highest BCUT2D eigenvalue weighted by molar-refractivity contribution is 5.91. The molecule has 176 valence electrons. The van der Waals surface area contributed by atoms with Crippen LogP contribution in [0.4, 0.5) is 0 Å². The van der Waals surface area contributed by atoms with Crippen LogP contribution in [-0.2, 0) is 17.9 Å². The number of carboxylic acid groups (broad SMARTS) is 1. The third-order valence-electron chi connectivity index (χ3n) is 5.63. The average molecular weight is 462 g/mol. The summed E-state index contributed by atoms with van der Waals surface area (Å²) in [5.41, 5.74) is 2.80. The van der Waals surface area contributed by atoms with Gasteiger partial charge >= 0.3 is 5.97 Å². The van der Waals surface area contributed by atoms with Crippen molar-refractivity contribution < 1.29 is 28.9 Å². The molecular formula is C27H27NO6. The van der Waals surface area contributed by atoms with Gasteiger partial charge in [0.25, 0.3) is 5.91 Å². The van der Waals surface area contributed by atoms with Crippen LogP contribution in [0, 0.1) is 0 Å². The molecule has 7 heteroatoms. The molecule has 0 aromatic heterocycles. The fraction of sp³-hybridized carbons (Fsp3) is 0.259. The number of ether oxygens (including phenoxy) is 3. The van der Waals surface area contributed by atoms with Crippen LogP contribution < -0.4 is 14.2 Å². The zero-order valence-corrected chi connectivity index (χ0v) is 19.2. The van der Waals surface area contributed by atoms with E-state index in [9.17, 15) is 14.7 Å². The molecule has 3 aromatic rings. The predicted molar refractivity (Wildman–Crippen MR) is 126 cm³/mol. The van der Waals surface area contributed by atoms with Crippen LogP contribution in [0.5, 0.6) is 17.2 Å². The second kappa shape index (κ2) is 10.3. The van der Waals surface area contributed by atoms with Crippen molar-refractivity contribution in [2.24, 2.45) is 0 Å². The first-order valence-electron chi connectivity index (χ1n) is 11.1. The van der Waals surface area contributed by atoms with Crippen molar-refractivity contribution in [3.8, 4) is 17.2 Å². The number of carboxylic acids is 1. The molecule has 1 heterocycles. The first-order chi connectivity index (χ1) is 16.4. The van der Waals surface area contributed by atoms with Gasteiger partial charge in [-0.3, -0.25) is 4.79 Å². The summed E-state index contributed by atoms with van der Waals surface area (Å²) in [7, 11) is 0. The highest BCUT2D eigenvalue weighted by Gasteiger charge is 2.20. The van der Waals surface area contributed by atoms with Gasteiger partial charge in [0.2, 0.25) is 6.79 Å². The SMILES string of the molecule is CC(C)c1ccc(OCC(=O)N(Cc2ccccc2)Cc2ccc3c(c2)OCO3)c(C(=O)O)c1. The molecule has 0 atom stereocenters. The van der Waals surface area contributed by atoms with Crippen LogP contribution in [0.2, 0.25) is 0 Å². The highest BCUT2D eigenvalue weighted by atomic mass is 16.7. The van der Waals surface area contributed by atoms with E-state index in [1.807, 2.05) is 68.4 Å². The quantitative estimate of drug-likeness (QED) is 0.491. The number of carbonyl (C=O) groups is 2. The third-order valence-corrected chi connectivity index (χ3v) is 5.63. The molecule has 0 saturated carbocycles. The number of rotatable bonds is 9. The van der Waals surface area contributed by atoms with Gasteiger partial charge < -0.3 is 24.2 Å². The number of hydrogen-bond acceptors (Lipinski definition) is 5. The molecule has 0 spiro atoms. The zero-order valence-electron chi connectivity index (χ0n) is 19.2. The summed E-state index contributed by atoms with van der Waals surface area (Å²) >= 11 is 0. The Hall–Kier alpha value is -4.00. The molecule has 0 saturated heterocycles. The summed E-state index contributed by atoms with van der Waals surface area (Å²) in [5, 5.41) is 9.62. The molecule has 1 N–H and O–H groups in total. The van der Waals surface area contributed by atoms with Crippen molar-refractivity contribution in [2.75, 3.05) is 13.4 Å². The topological polar surface area (TPSA) is 85.3 Å². The monoisotopic (exact) mass is 461 g/mol. The molecule has 4 rings (SSSR count). The van der Waals surface area contributed by atoms with E-state index in [0.717, 1.165) is 16.7 Å². The second-order valence-corrected chi connectivity index (χ2v) is 8.43. The summed E-state index contributed by atoms with van der Waals surface area (Å²) in [6.45, 7) is 4.60. The fourth-order valence-electron chi connectivity index (χ4n) is 3.73. The molecular weight excluding hydrogens is 434 g/mol. The summed E-state index contributed by atoms with van der Waals surface area (Å²) in [5.74, 6) is 0.332. The van der Waals surface area contributed by atoms with Crippen molar-refractivity contribution in [3.05, 3.63) is 89.0 Å². The smallest absolute Gasteiger partial charge is 0.339 e. The Morgan fingerprint density at radius 1 is 0.941 bits per heavy atom. The molecule has 7 nitrogen and oxygen atoms in total. The van der Waals surface area contributed by atoms with Crippen molar-refractivity contribution >= 4 is 11.9 Å². The molecule has 0 unspecified atom stereocenters. The summed E-state index contributed by atoms with van der Waals surface area (Å²) in [4.78, 5) is 26.6. The predicted octanol–water partition coefficient (Wildman–Crippen LogP) is 4.84. The van der Waals surface area contributed by atoms with Crippen molar-refractivity contribution in [1.29, 1.82) is 0 Å². The van der Waals surface area contributed by atoms with Gasteiger partial charge in [-0.05, 0) is 46.9 Å². The number of nitrogens with zero attached hydrogens (tertiary/aromatic N) is 1. The number of benzene rings is 3. The highest BCUT2D eigenvalue weighted by Crippen LogP contribution is 2.33. The standard InChI is InChI=1S/C27H27NO6/c1-18(2)21-9-11-23(22(13-21)27(30)31)32-16-26(29)28(14-19-6-4-3-5-7-19)15-20-8-10-24-25(12-20)34-17-33-24/h3-13,18H,14-17H2,1-2H3,(H,30,31). The Balaban J connectivity index is 1.52. The molecule has 0 fully saturated rings. The number of aromatic carboxylic acids is 1. The van der Waals surface area contributed by atoms with Crippen molar-refractivity contribution in [3.63, 3.8) is 0 Å². The minimum atomic E-state index is -1.09. The number of fused-ring (bicyclic) bond motifs is 1. The van der Waals surface area contributed by atoms with Crippen LogP contribution in [0.1, 0.15) is 46.8 Å². The van der Waals surface area contributed by atoms with Gasteiger partial charge in [-0.1, -0.05) is 56.3 Å². The minimum absolute atomic E-state index is 0.0457. The van der Waals surface area contributed by atoms with E-state index in [1.54, 1.807) is 17.0 Å². The van der Waals surface area contributed by atoms with E-state index >= 15 is 0 Å². The van der Waals surface area contributed by atoms with E-state index in [1.165, 1.54) is 0 Å². The van der Waals surface area contributed by atoms with Crippen LogP contribution in [0.3, 0.4) is 0 Å². The number of carbonyl (C=O) groups excluding carboxylic acids is 1. The van der Waals surface area contributed by atoms with Gasteiger partial charge in [0.1, 0.15) is 11.3 Å². The Kier molecular flexibility index (Phi) is 7.01. The van der Waals surface area contributed by atoms with E-state index in [4.69, 9.17) is 14.2 Å². The maximum atomic E-state index is 13.2. The second-order valence-electron chi connectivity index (χ2n) is 8.43. The van der Waals surface area contributed by atoms with E-state index < -0.39 is 5.97 Å². The van der Waals surface area contributed by atoms with Crippen molar-refractivity contribution in [1.82, 2.24) is 4.90 Å². The van der Waals surface area contributed by atoms with E-state index in [0.29, 0.717) is 24.6 Å². The average Bonchev–Trinajstić information content (AvgIpc) is 3.30. The normalized spacial score (nSPS) is 12.0. The van der Waals surface area contributed by atoms with Gasteiger partial charge in [-0.2, -0.15) is 0 Å². The molecule has 1 aliphatic rings. The number of hydrogen-bond donors (Lipinski definition) is 1. The van der Waals surface area contributed by atoms with Gasteiger partial charge in [-0.25, -0.2) is 4.79 Å². The van der Waals surface area contributed by atoms with E-state index in [2.05, 4.69) is 0 Å². The largest absolute Gasteiger partial charge is 0.483 e. The van der Waals surface area contributed by atoms with Crippen molar-refractivity contribution in [2.45, 2.75) is 32.9 Å². The molecule has 1 aliphatic heterocycles. The van der Waals surface area contributed by atoms with Crippen LogP contribution in [0.25, 0.3) is 0 Å². The Labute approximate surface area is 198 Å². The lowest BCUT2D eigenvalue weighted by molar-refractivity contribution is -0.134. The molecule has 34 heavy (non-hydrogen) atoms. The lowest BCUT2D eigenvalue weighted by Crippen LogP contribution is -2.34. The summed E-state index contributed by atoms with van der Waals surface area (Å²) in [6, 6.07) is 20.3. The summed E-state index contributed by atoms with van der Waals surface area (Å²) < 4.78 is 16.5. The molecule has 0 aliphatic carbocycles. The molecule has 0 bridgehead atoms. The van der Waals surface area contributed by atoms with Gasteiger partial charge in [0, 0.05) is 13.1 Å². The van der Waals surface area contributed by atoms with Crippen LogP contribution in [-0.4, -0.2) is 35.3 Å². The van der Waals surface area contributed by atoms with Crippen LogP contribution in [0.15, 0.2) is 66.7 Å². The zero-order chi connectivity index (χ0) is 24.1. The van der Waals surface area contributed by atoms with Gasteiger partial charge in [-0.15, -0.1) is 0 Å². The fourth-order valence-corrected chi connectivity index (χ4v) is 3.73. The molecule has 3 aromatic carbocycles. The number of amides is 1. The van der Waals surface area contributed by atoms with Gasteiger partial charge in [0.15, 0.2) is 18.1 Å². The lowest BCUT2D eigenvalue weighted by atomic mass is 10.0. The first-order valence-corrected chi connectivity index (χ1v) is 11.1. The Bertz CT molecular complexity index is 1170. The van der Waals surface area contributed by atoms with Gasteiger partial charge in [0.05, 0.1) is 0 Å². The minimum Gasteiger partial charge on any atom is -0.483 e. The molecule has 0 radical (unpaired) electrons. The van der Waals surface area contributed by atoms with Crippen LogP contribution >= 0.6 is 0 Å². The maximum Gasteiger partial charge on any atom is 0.339 e.